The van der Waals surface area contributed by atoms with Crippen LogP contribution in [0.15, 0.2) is 10.8 Å². The van der Waals surface area contributed by atoms with Crippen molar-refractivity contribution in [3.05, 3.63) is 25.6 Å². The van der Waals surface area contributed by atoms with Crippen LogP contribution < -0.4 is 5.32 Å². The van der Waals surface area contributed by atoms with E-state index in [9.17, 15) is 0 Å². The van der Waals surface area contributed by atoms with E-state index in [0.717, 1.165) is 26.5 Å². The highest BCUT2D eigenvalue weighted by atomic mass is 127. The van der Waals surface area contributed by atoms with Gasteiger partial charge in [0.1, 0.15) is 5.82 Å². The van der Waals surface area contributed by atoms with Crippen LogP contribution in [0.4, 0.5) is 5.82 Å². The molecule has 18 heavy (non-hydrogen) atoms. The predicted octanol–water partition coefficient (Wildman–Crippen LogP) is 4.28. The molecule has 3 nitrogen and oxygen atoms in total. The topological polar surface area (TPSA) is 37.8 Å². The average molecular weight is 373 g/mol. The number of aromatic nitrogens is 2. The molecular weight excluding hydrogens is 357 g/mol. The Morgan fingerprint density at radius 2 is 2.00 bits per heavy atom. The Labute approximate surface area is 125 Å². The lowest BCUT2D eigenvalue weighted by molar-refractivity contribution is 0.809. The van der Waals surface area contributed by atoms with Crippen LogP contribution in [0.5, 0.6) is 0 Å². The maximum Gasteiger partial charge on any atom is 0.162 e. The molecule has 0 saturated carbocycles. The van der Waals surface area contributed by atoms with Gasteiger partial charge in [0.05, 0.1) is 9.26 Å². The fourth-order valence-electron chi connectivity index (χ4n) is 1.72. The molecule has 0 bridgehead atoms. The van der Waals surface area contributed by atoms with Gasteiger partial charge in [0.2, 0.25) is 0 Å². The van der Waals surface area contributed by atoms with Crippen LogP contribution in [0.25, 0.3) is 11.4 Å². The van der Waals surface area contributed by atoms with Crippen molar-refractivity contribution < 1.29 is 0 Å². The smallest absolute Gasteiger partial charge is 0.162 e. The fraction of sp³-hybridized carbons (Fsp3) is 0.385. The molecule has 2 aromatic rings. The summed E-state index contributed by atoms with van der Waals surface area (Å²) in [5.41, 5.74) is 3.48. The van der Waals surface area contributed by atoms with Crippen molar-refractivity contribution in [2.24, 2.45) is 0 Å². The number of anilines is 1. The summed E-state index contributed by atoms with van der Waals surface area (Å²) in [6.45, 7) is 6.42. The van der Waals surface area contributed by atoms with Gasteiger partial charge in [-0.2, -0.15) is 11.3 Å². The van der Waals surface area contributed by atoms with Crippen LogP contribution in [-0.4, -0.2) is 17.0 Å². The molecule has 0 aliphatic carbocycles. The van der Waals surface area contributed by atoms with E-state index in [-0.39, 0.29) is 0 Å². The van der Waals surface area contributed by atoms with Gasteiger partial charge >= 0.3 is 0 Å². The molecule has 0 fully saturated rings. The van der Waals surface area contributed by atoms with Gasteiger partial charge in [-0.1, -0.05) is 13.8 Å². The predicted molar refractivity (Wildman–Crippen MR) is 86.4 cm³/mol. The Kier molecular flexibility index (Phi) is 4.21. The van der Waals surface area contributed by atoms with Gasteiger partial charge in [-0.25, -0.2) is 9.97 Å². The molecule has 0 radical (unpaired) electrons. The van der Waals surface area contributed by atoms with Gasteiger partial charge in [-0.15, -0.1) is 0 Å². The number of aryl methyl sites for hydroxylation is 1. The zero-order valence-corrected chi connectivity index (χ0v) is 13.9. The van der Waals surface area contributed by atoms with E-state index in [1.807, 2.05) is 7.05 Å². The summed E-state index contributed by atoms with van der Waals surface area (Å²) in [5, 5.41) is 7.40. The summed E-state index contributed by atoms with van der Waals surface area (Å²) in [5.74, 6) is 2.13. The highest BCUT2D eigenvalue weighted by Crippen LogP contribution is 2.30. The number of rotatable bonds is 3. The van der Waals surface area contributed by atoms with E-state index in [4.69, 9.17) is 4.98 Å². The van der Waals surface area contributed by atoms with E-state index in [0.29, 0.717) is 5.92 Å². The molecule has 0 atom stereocenters. The average Bonchev–Trinajstić information content (AvgIpc) is 2.75. The Morgan fingerprint density at radius 1 is 1.28 bits per heavy atom. The number of nitrogens with one attached hydrogen (secondary N) is 1. The van der Waals surface area contributed by atoms with Crippen molar-refractivity contribution in [2.45, 2.75) is 26.7 Å². The molecule has 0 aromatic carbocycles. The quantitative estimate of drug-likeness (QED) is 0.816. The third kappa shape index (κ3) is 2.51. The van der Waals surface area contributed by atoms with Crippen molar-refractivity contribution >= 4 is 39.7 Å². The third-order valence-corrected chi connectivity index (χ3v) is 4.68. The molecule has 0 saturated heterocycles. The maximum absolute atomic E-state index is 4.73. The first kappa shape index (κ1) is 13.7. The Morgan fingerprint density at radius 3 is 2.50 bits per heavy atom. The molecule has 1 N–H and O–H groups in total. The summed E-state index contributed by atoms with van der Waals surface area (Å²) in [6, 6.07) is 0. The number of hydrogen-bond donors (Lipinski definition) is 1. The van der Waals surface area contributed by atoms with Gasteiger partial charge in [0.15, 0.2) is 5.82 Å². The zero-order chi connectivity index (χ0) is 13.3. The standard InChI is InChI=1S/C13H16IN3S/c1-7(2)11-10(14)13(15-4)17-12(16-11)9-6-18-5-8(9)3/h5-7H,1-4H3,(H,15,16,17). The molecular formula is C13H16IN3S. The SMILES string of the molecule is CNc1nc(-c2cscc2C)nc(C(C)C)c1I. The Balaban J connectivity index is 2.63. The number of nitrogens with zero attached hydrogens (tertiary/aromatic N) is 2. The Hall–Kier alpha value is -0.690. The summed E-state index contributed by atoms with van der Waals surface area (Å²) in [7, 11) is 1.90. The van der Waals surface area contributed by atoms with Gasteiger partial charge in [-0.05, 0) is 46.4 Å². The number of halogens is 1. The van der Waals surface area contributed by atoms with E-state index in [1.54, 1.807) is 11.3 Å². The van der Waals surface area contributed by atoms with E-state index in [1.165, 1.54) is 5.56 Å². The van der Waals surface area contributed by atoms with Crippen LogP contribution in [0.2, 0.25) is 0 Å². The minimum absolute atomic E-state index is 0.393. The summed E-state index contributed by atoms with van der Waals surface area (Å²) in [4.78, 5) is 9.35. The van der Waals surface area contributed by atoms with Crippen LogP contribution in [0.3, 0.4) is 0 Å². The summed E-state index contributed by atoms with van der Waals surface area (Å²) >= 11 is 4.01. The molecule has 96 valence electrons. The van der Waals surface area contributed by atoms with Crippen molar-refractivity contribution in [1.82, 2.24) is 9.97 Å². The van der Waals surface area contributed by atoms with Crippen LogP contribution in [0, 0.1) is 10.5 Å². The largest absolute Gasteiger partial charge is 0.372 e. The fourth-order valence-corrected chi connectivity index (χ4v) is 3.68. The molecule has 0 unspecified atom stereocenters. The second-order valence-corrected chi connectivity index (χ2v) is 6.29. The maximum atomic E-state index is 4.73. The minimum Gasteiger partial charge on any atom is -0.372 e. The Bertz CT molecular complexity index is 563. The van der Waals surface area contributed by atoms with Crippen molar-refractivity contribution in [3.8, 4) is 11.4 Å². The lowest BCUT2D eigenvalue weighted by Gasteiger charge is -2.13. The lowest BCUT2D eigenvalue weighted by atomic mass is 10.1. The van der Waals surface area contributed by atoms with Gasteiger partial charge < -0.3 is 5.32 Å². The van der Waals surface area contributed by atoms with Crippen molar-refractivity contribution in [1.29, 1.82) is 0 Å². The van der Waals surface area contributed by atoms with Crippen LogP contribution >= 0.6 is 33.9 Å². The van der Waals surface area contributed by atoms with Gasteiger partial charge in [0.25, 0.3) is 0 Å². The molecule has 0 aliphatic rings. The van der Waals surface area contributed by atoms with Crippen LogP contribution in [0.1, 0.15) is 31.0 Å². The molecule has 0 amide bonds. The molecule has 2 aromatic heterocycles. The van der Waals surface area contributed by atoms with E-state index >= 15 is 0 Å². The monoisotopic (exact) mass is 373 g/mol. The zero-order valence-electron chi connectivity index (χ0n) is 10.9. The number of hydrogen-bond acceptors (Lipinski definition) is 4. The van der Waals surface area contributed by atoms with Crippen molar-refractivity contribution in [3.63, 3.8) is 0 Å². The number of thiophene rings is 1. The highest BCUT2D eigenvalue weighted by Gasteiger charge is 2.16. The highest BCUT2D eigenvalue weighted by molar-refractivity contribution is 14.1. The van der Waals surface area contributed by atoms with E-state index in [2.05, 4.69) is 64.4 Å². The second kappa shape index (κ2) is 5.52. The van der Waals surface area contributed by atoms with Gasteiger partial charge in [0, 0.05) is 18.0 Å². The van der Waals surface area contributed by atoms with E-state index < -0.39 is 0 Å². The first-order chi connectivity index (χ1) is 8.54. The minimum atomic E-state index is 0.393. The molecule has 2 heterocycles. The summed E-state index contributed by atoms with van der Waals surface area (Å²) in [6.07, 6.45) is 0. The molecule has 2 rings (SSSR count). The second-order valence-electron chi connectivity index (χ2n) is 4.47. The first-order valence-electron chi connectivity index (χ1n) is 5.83. The van der Waals surface area contributed by atoms with Gasteiger partial charge in [-0.3, -0.25) is 0 Å². The molecule has 0 spiro atoms. The molecule has 0 aliphatic heterocycles. The summed E-state index contributed by atoms with van der Waals surface area (Å²) < 4.78 is 1.11. The van der Waals surface area contributed by atoms with Crippen LogP contribution in [-0.2, 0) is 0 Å². The lowest BCUT2D eigenvalue weighted by Crippen LogP contribution is -2.06. The first-order valence-corrected chi connectivity index (χ1v) is 7.85. The van der Waals surface area contributed by atoms with Crippen molar-refractivity contribution in [2.75, 3.05) is 12.4 Å². The normalized spacial score (nSPS) is 11.0. The molecule has 5 heteroatoms. The third-order valence-electron chi connectivity index (χ3n) is 2.76.